The fourth-order valence-corrected chi connectivity index (χ4v) is 5.59. The van der Waals surface area contributed by atoms with Gasteiger partial charge in [-0.05, 0) is 47.4 Å². The molecule has 5 rings (SSSR count). The molecule has 1 aromatic heterocycles. The standard InChI is InChI=1S/C19H20N2OS/c22-19(21-10-14-8-20-9-15(14)11-21)17-7-13-6-5-12-3-1-2-4-16(12)18(13)23-17/h1-4,7,14-15,20H,5-6,8-11H2/t14-,15+. The summed E-state index contributed by atoms with van der Waals surface area (Å²) in [5.41, 5.74) is 4.11. The van der Waals surface area contributed by atoms with E-state index in [9.17, 15) is 4.79 Å². The number of aryl methyl sites for hydroxylation is 2. The van der Waals surface area contributed by atoms with E-state index < -0.39 is 0 Å². The molecule has 0 spiro atoms. The summed E-state index contributed by atoms with van der Waals surface area (Å²) in [5.74, 6) is 1.57. The summed E-state index contributed by atoms with van der Waals surface area (Å²) in [4.78, 5) is 17.3. The summed E-state index contributed by atoms with van der Waals surface area (Å²) in [7, 11) is 0. The molecule has 2 atom stereocenters. The highest BCUT2D eigenvalue weighted by Gasteiger charge is 2.38. The number of hydrogen-bond acceptors (Lipinski definition) is 3. The molecule has 0 saturated carbocycles. The second-order valence-corrected chi connectivity index (χ2v) is 8.06. The van der Waals surface area contributed by atoms with E-state index in [1.807, 2.05) is 0 Å². The lowest BCUT2D eigenvalue weighted by Gasteiger charge is -2.16. The van der Waals surface area contributed by atoms with Crippen LogP contribution in [0.3, 0.4) is 0 Å². The Hall–Kier alpha value is -1.65. The van der Waals surface area contributed by atoms with Crippen LogP contribution in [0.5, 0.6) is 0 Å². The van der Waals surface area contributed by atoms with Crippen LogP contribution in [0.4, 0.5) is 0 Å². The van der Waals surface area contributed by atoms with Crippen molar-refractivity contribution in [2.24, 2.45) is 11.8 Å². The Bertz CT molecular complexity index is 769. The van der Waals surface area contributed by atoms with Crippen LogP contribution in [-0.4, -0.2) is 37.0 Å². The topological polar surface area (TPSA) is 32.3 Å². The Kier molecular flexibility index (Phi) is 3.10. The van der Waals surface area contributed by atoms with Crippen molar-refractivity contribution in [2.75, 3.05) is 26.2 Å². The van der Waals surface area contributed by atoms with E-state index >= 15 is 0 Å². The maximum Gasteiger partial charge on any atom is 0.263 e. The van der Waals surface area contributed by atoms with Gasteiger partial charge in [-0.15, -0.1) is 11.3 Å². The predicted molar refractivity (Wildman–Crippen MR) is 92.9 cm³/mol. The monoisotopic (exact) mass is 324 g/mol. The number of benzene rings is 1. The number of carbonyl (C=O) groups is 1. The third kappa shape index (κ3) is 2.16. The third-order valence-electron chi connectivity index (χ3n) is 5.62. The van der Waals surface area contributed by atoms with E-state index in [4.69, 9.17) is 0 Å². The van der Waals surface area contributed by atoms with Crippen LogP contribution in [0.2, 0.25) is 0 Å². The van der Waals surface area contributed by atoms with Crippen LogP contribution in [0.1, 0.15) is 20.8 Å². The van der Waals surface area contributed by atoms with Gasteiger partial charge in [-0.2, -0.15) is 0 Å². The molecule has 2 aliphatic heterocycles. The van der Waals surface area contributed by atoms with Gasteiger partial charge in [0.15, 0.2) is 0 Å². The molecular formula is C19H20N2OS. The third-order valence-corrected chi connectivity index (χ3v) is 6.82. The molecule has 4 heteroatoms. The second kappa shape index (κ2) is 5.18. The highest BCUT2D eigenvalue weighted by molar-refractivity contribution is 7.17. The zero-order valence-corrected chi connectivity index (χ0v) is 13.9. The largest absolute Gasteiger partial charge is 0.337 e. The number of fused-ring (bicyclic) bond motifs is 4. The summed E-state index contributed by atoms with van der Waals surface area (Å²) < 4.78 is 0. The number of thiophene rings is 1. The molecule has 1 aliphatic carbocycles. The van der Waals surface area contributed by atoms with Gasteiger partial charge in [-0.3, -0.25) is 4.79 Å². The van der Waals surface area contributed by atoms with Crippen LogP contribution in [0, 0.1) is 11.8 Å². The lowest BCUT2D eigenvalue weighted by atomic mass is 9.91. The number of rotatable bonds is 1. The molecule has 0 radical (unpaired) electrons. The quantitative estimate of drug-likeness (QED) is 0.875. The van der Waals surface area contributed by atoms with Crippen molar-refractivity contribution in [3.63, 3.8) is 0 Å². The summed E-state index contributed by atoms with van der Waals surface area (Å²) in [6, 6.07) is 10.8. The van der Waals surface area contributed by atoms with Crippen LogP contribution in [0.15, 0.2) is 30.3 Å². The minimum Gasteiger partial charge on any atom is -0.337 e. The lowest BCUT2D eigenvalue weighted by Crippen LogP contribution is -2.31. The molecule has 118 valence electrons. The molecule has 2 saturated heterocycles. The van der Waals surface area contributed by atoms with Crippen LogP contribution in [-0.2, 0) is 12.8 Å². The first-order chi connectivity index (χ1) is 11.3. The van der Waals surface area contributed by atoms with Gasteiger partial charge < -0.3 is 10.2 Å². The van der Waals surface area contributed by atoms with E-state index in [-0.39, 0.29) is 5.91 Å². The van der Waals surface area contributed by atoms with Crippen molar-refractivity contribution in [2.45, 2.75) is 12.8 Å². The first-order valence-electron chi connectivity index (χ1n) is 8.50. The van der Waals surface area contributed by atoms with Crippen molar-refractivity contribution >= 4 is 17.2 Å². The smallest absolute Gasteiger partial charge is 0.263 e. The van der Waals surface area contributed by atoms with Gasteiger partial charge in [-0.25, -0.2) is 0 Å². The zero-order valence-electron chi connectivity index (χ0n) is 13.0. The van der Waals surface area contributed by atoms with Gasteiger partial charge in [0, 0.05) is 31.1 Å². The Labute approximate surface area is 140 Å². The molecule has 1 amide bonds. The van der Waals surface area contributed by atoms with Gasteiger partial charge in [0.2, 0.25) is 0 Å². The van der Waals surface area contributed by atoms with Crippen LogP contribution in [0.25, 0.3) is 10.4 Å². The number of nitrogens with one attached hydrogen (secondary N) is 1. The first-order valence-corrected chi connectivity index (χ1v) is 9.32. The average Bonchev–Trinajstić information content (AvgIpc) is 3.27. The first kappa shape index (κ1) is 13.8. The maximum atomic E-state index is 12.9. The molecule has 2 aromatic rings. The minimum atomic E-state index is 0.247. The fourth-order valence-electron chi connectivity index (χ4n) is 4.35. The van der Waals surface area contributed by atoms with Gasteiger partial charge in [0.25, 0.3) is 5.91 Å². The molecular weight excluding hydrogens is 304 g/mol. The van der Waals surface area contributed by atoms with Crippen molar-refractivity contribution in [3.8, 4) is 10.4 Å². The second-order valence-electron chi connectivity index (χ2n) is 7.01. The molecule has 0 unspecified atom stereocenters. The zero-order chi connectivity index (χ0) is 15.4. The Morgan fingerprint density at radius 1 is 1.09 bits per heavy atom. The molecule has 23 heavy (non-hydrogen) atoms. The molecule has 3 aliphatic rings. The van der Waals surface area contributed by atoms with Gasteiger partial charge >= 0.3 is 0 Å². The van der Waals surface area contributed by atoms with Gasteiger partial charge in [0.05, 0.1) is 4.88 Å². The number of amides is 1. The molecule has 3 heterocycles. The Balaban J connectivity index is 1.45. The number of hydrogen-bond donors (Lipinski definition) is 1. The highest BCUT2D eigenvalue weighted by atomic mass is 32.1. The molecule has 2 fully saturated rings. The summed E-state index contributed by atoms with van der Waals surface area (Å²) in [6.45, 7) is 4.00. The van der Waals surface area contributed by atoms with Crippen LogP contribution >= 0.6 is 11.3 Å². The summed E-state index contributed by atoms with van der Waals surface area (Å²) >= 11 is 1.69. The summed E-state index contributed by atoms with van der Waals surface area (Å²) in [6.07, 6.45) is 2.15. The average molecular weight is 324 g/mol. The normalized spacial score (nSPS) is 25.1. The SMILES string of the molecule is O=C(c1cc2c(s1)-c1ccccc1CC2)N1C[C@H]2CNC[C@H]2C1. The highest BCUT2D eigenvalue weighted by Crippen LogP contribution is 2.40. The van der Waals surface area contributed by atoms with Crippen molar-refractivity contribution < 1.29 is 4.79 Å². The molecule has 1 N–H and O–H groups in total. The van der Waals surface area contributed by atoms with E-state index in [1.165, 1.54) is 21.6 Å². The van der Waals surface area contributed by atoms with E-state index in [0.717, 1.165) is 43.9 Å². The Morgan fingerprint density at radius 3 is 2.65 bits per heavy atom. The van der Waals surface area contributed by atoms with Crippen molar-refractivity contribution in [1.29, 1.82) is 0 Å². The van der Waals surface area contributed by atoms with Crippen molar-refractivity contribution in [1.82, 2.24) is 10.2 Å². The predicted octanol–water partition coefficient (Wildman–Crippen LogP) is 2.81. The molecule has 0 bridgehead atoms. The molecule has 1 aromatic carbocycles. The van der Waals surface area contributed by atoms with E-state index in [2.05, 4.69) is 40.5 Å². The van der Waals surface area contributed by atoms with E-state index in [1.54, 1.807) is 11.3 Å². The maximum absolute atomic E-state index is 12.9. The summed E-state index contributed by atoms with van der Waals surface area (Å²) in [5, 5.41) is 3.44. The molecule has 3 nitrogen and oxygen atoms in total. The Morgan fingerprint density at radius 2 is 1.83 bits per heavy atom. The van der Waals surface area contributed by atoms with Gasteiger partial charge in [-0.1, -0.05) is 24.3 Å². The van der Waals surface area contributed by atoms with Crippen LogP contribution < -0.4 is 5.32 Å². The van der Waals surface area contributed by atoms with Gasteiger partial charge in [0.1, 0.15) is 0 Å². The minimum absolute atomic E-state index is 0.247. The lowest BCUT2D eigenvalue weighted by molar-refractivity contribution is 0.0786. The number of nitrogens with zero attached hydrogens (tertiary/aromatic N) is 1. The number of likely N-dealkylation sites (tertiary alicyclic amines) is 1. The van der Waals surface area contributed by atoms with Crippen molar-refractivity contribution in [3.05, 3.63) is 46.3 Å². The van der Waals surface area contributed by atoms with E-state index in [0.29, 0.717) is 11.8 Å². The fraction of sp³-hybridized carbons (Fsp3) is 0.421. The number of carbonyl (C=O) groups excluding carboxylic acids is 1.